The molecule has 0 spiro atoms. The minimum absolute atomic E-state index is 0.560. The maximum absolute atomic E-state index is 5.33. The first-order valence-corrected chi connectivity index (χ1v) is 6.78. The van der Waals surface area contributed by atoms with Crippen molar-refractivity contribution in [2.45, 2.75) is 13.8 Å². The fourth-order valence-electron chi connectivity index (χ4n) is 1.94. The zero-order chi connectivity index (χ0) is 14.5. The van der Waals surface area contributed by atoms with Gasteiger partial charge in [-0.3, -0.25) is 0 Å². The predicted octanol–water partition coefficient (Wildman–Crippen LogP) is 4.12. The van der Waals surface area contributed by atoms with Crippen LogP contribution in [-0.2, 0) is 0 Å². The Balaban J connectivity index is 2.05. The predicted molar refractivity (Wildman–Crippen MR) is 88.8 cm³/mol. The number of ether oxygens (including phenoxy) is 1. The summed E-state index contributed by atoms with van der Waals surface area (Å²) in [6, 6.07) is 13.9. The van der Waals surface area contributed by atoms with Crippen molar-refractivity contribution in [2.24, 2.45) is 0 Å². The van der Waals surface area contributed by atoms with Gasteiger partial charge in [0.15, 0.2) is 5.11 Å². The summed E-state index contributed by atoms with van der Waals surface area (Å²) in [4.78, 5) is 0. The average molecular weight is 286 g/mol. The number of hydrogen-bond acceptors (Lipinski definition) is 2. The van der Waals surface area contributed by atoms with Crippen molar-refractivity contribution in [3.05, 3.63) is 53.6 Å². The Labute approximate surface area is 125 Å². The number of thiocarbonyl (C=S) groups is 1. The van der Waals surface area contributed by atoms with Gasteiger partial charge in [-0.2, -0.15) is 0 Å². The van der Waals surface area contributed by atoms with Crippen LogP contribution >= 0.6 is 12.2 Å². The lowest BCUT2D eigenvalue weighted by Gasteiger charge is -2.13. The molecule has 0 saturated carbocycles. The number of rotatable bonds is 3. The molecule has 0 aliphatic rings. The maximum atomic E-state index is 5.33. The van der Waals surface area contributed by atoms with Gasteiger partial charge >= 0.3 is 0 Å². The highest BCUT2D eigenvalue weighted by molar-refractivity contribution is 7.80. The van der Waals surface area contributed by atoms with E-state index < -0.39 is 0 Å². The van der Waals surface area contributed by atoms with E-state index in [2.05, 4.69) is 36.6 Å². The lowest BCUT2D eigenvalue weighted by Crippen LogP contribution is -2.19. The second-order valence-electron chi connectivity index (χ2n) is 4.63. The number of benzene rings is 2. The molecular formula is C16H18N2OS. The zero-order valence-corrected chi connectivity index (χ0v) is 12.7. The van der Waals surface area contributed by atoms with Crippen LogP contribution in [-0.4, -0.2) is 12.2 Å². The fourth-order valence-corrected chi connectivity index (χ4v) is 2.17. The van der Waals surface area contributed by atoms with Crippen molar-refractivity contribution in [3.63, 3.8) is 0 Å². The summed E-state index contributed by atoms with van der Waals surface area (Å²) in [5, 5.41) is 6.91. The topological polar surface area (TPSA) is 33.3 Å². The van der Waals surface area contributed by atoms with Crippen LogP contribution in [0.25, 0.3) is 0 Å². The van der Waals surface area contributed by atoms with Crippen molar-refractivity contribution in [1.82, 2.24) is 0 Å². The quantitative estimate of drug-likeness (QED) is 0.832. The Morgan fingerprint density at radius 3 is 2.55 bits per heavy atom. The highest BCUT2D eigenvalue weighted by Crippen LogP contribution is 2.19. The molecule has 0 aliphatic heterocycles. The molecule has 4 heteroatoms. The van der Waals surface area contributed by atoms with Crippen LogP contribution < -0.4 is 15.4 Å². The molecule has 0 aliphatic carbocycles. The Morgan fingerprint density at radius 1 is 1.05 bits per heavy atom. The Bertz CT molecular complexity index is 626. The molecule has 0 radical (unpaired) electrons. The first-order valence-electron chi connectivity index (χ1n) is 6.38. The lowest BCUT2D eigenvalue weighted by molar-refractivity contribution is 0.415. The minimum atomic E-state index is 0.560. The average Bonchev–Trinajstić information content (AvgIpc) is 2.42. The number of nitrogens with one attached hydrogen (secondary N) is 2. The van der Waals surface area contributed by atoms with Crippen LogP contribution in [0.2, 0.25) is 0 Å². The van der Waals surface area contributed by atoms with Gasteiger partial charge in [0.2, 0.25) is 0 Å². The first-order chi connectivity index (χ1) is 9.58. The summed E-state index contributed by atoms with van der Waals surface area (Å²) < 4.78 is 5.18. The summed E-state index contributed by atoms with van der Waals surface area (Å²) in [5.74, 6) is 0.796. The van der Waals surface area contributed by atoms with Gasteiger partial charge in [-0.15, -0.1) is 0 Å². The molecule has 2 N–H and O–H groups in total. The minimum Gasteiger partial charge on any atom is -0.497 e. The summed E-state index contributed by atoms with van der Waals surface area (Å²) in [7, 11) is 1.64. The van der Waals surface area contributed by atoms with E-state index in [0.717, 1.165) is 17.1 Å². The maximum Gasteiger partial charge on any atom is 0.175 e. The van der Waals surface area contributed by atoms with Crippen LogP contribution in [0.15, 0.2) is 42.5 Å². The van der Waals surface area contributed by atoms with E-state index in [0.29, 0.717) is 5.11 Å². The largest absolute Gasteiger partial charge is 0.497 e. The Kier molecular flexibility index (Phi) is 4.58. The standard InChI is InChI=1S/C16H18N2OS/c1-11-7-8-15(12(2)9-11)18-16(20)17-13-5-4-6-14(10-13)19-3/h4-10H,1-3H3,(H2,17,18,20). The van der Waals surface area contributed by atoms with Gasteiger partial charge in [0.25, 0.3) is 0 Å². The molecule has 104 valence electrons. The van der Waals surface area contributed by atoms with E-state index >= 15 is 0 Å². The van der Waals surface area contributed by atoms with Crippen molar-refractivity contribution in [2.75, 3.05) is 17.7 Å². The van der Waals surface area contributed by atoms with Gasteiger partial charge in [-0.05, 0) is 49.8 Å². The Morgan fingerprint density at radius 2 is 1.85 bits per heavy atom. The second-order valence-corrected chi connectivity index (χ2v) is 5.04. The summed E-state index contributed by atoms with van der Waals surface area (Å²) in [5.41, 5.74) is 4.31. The van der Waals surface area contributed by atoms with E-state index in [-0.39, 0.29) is 0 Å². The van der Waals surface area contributed by atoms with E-state index in [1.807, 2.05) is 30.3 Å². The van der Waals surface area contributed by atoms with Gasteiger partial charge in [0, 0.05) is 17.4 Å². The summed E-state index contributed by atoms with van der Waals surface area (Å²) in [6.45, 7) is 4.13. The monoisotopic (exact) mass is 286 g/mol. The molecule has 3 nitrogen and oxygen atoms in total. The molecule has 0 amide bonds. The third-order valence-electron chi connectivity index (χ3n) is 2.96. The third kappa shape index (κ3) is 3.71. The molecule has 0 saturated heterocycles. The molecule has 0 unspecified atom stereocenters. The molecule has 0 aromatic heterocycles. The van der Waals surface area contributed by atoms with Gasteiger partial charge in [0.1, 0.15) is 5.75 Å². The normalized spacial score (nSPS) is 9.95. The lowest BCUT2D eigenvalue weighted by atomic mass is 10.1. The van der Waals surface area contributed by atoms with Crippen molar-refractivity contribution >= 4 is 28.7 Å². The van der Waals surface area contributed by atoms with Crippen molar-refractivity contribution in [3.8, 4) is 5.75 Å². The van der Waals surface area contributed by atoms with Crippen LogP contribution in [0.5, 0.6) is 5.75 Å². The second kappa shape index (κ2) is 6.39. The SMILES string of the molecule is COc1cccc(NC(=S)Nc2ccc(C)cc2C)c1. The van der Waals surface area contributed by atoms with Crippen LogP contribution in [0.3, 0.4) is 0 Å². The first kappa shape index (κ1) is 14.3. The van der Waals surface area contributed by atoms with Crippen LogP contribution in [0, 0.1) is 13.8 Å². The van der Waals surface area contributed by atoms with Crippen molar-refractivity contribution in [1.29, 1.82) is 0 Å². The van der Waals surface area contributed by atoms with E-state index in [9.17, 15) is 0 Å². The smallest absolute Gasteiger partial charge is 0.175 e. The van der Waals surface area contributed by atoms with Crippen LogP contribution in [0.1, 0.15) is 11.1 Å². The molecule has 0 bridgehead atoms. The molecule has 0 atom stereocenters. The fraction of sp³-hybridized carbons (Fsp3) is 0.188. The van der Waals surface area contributed by atoms with E-state index in [1.165, 1.54) is 11.1 Å². The number of aryl methyl sites for hydroxylation is 2. The molecule has 2 aromatic carbocycles. The van der Waals surface area contributed by atoms with Gasteiger partial charge in [-0.25, -0.2) is 0 Å². The molecule has 2 rings (SSSR count). The van der Waals surface area contributed by atoms with Gasteiger partial charge in [-0.1, -0.05) is 23.8 Å². The van der Waals surface area contributed by atoms with Gasteiger partial charge in [0.05, 0.1) is 7.11 Å². The zero-order valence-electron chi connectivity index (χ0n) is 11.9. The summed E-state index contributed by atoms with van der Waals surface area (Å²) in [6.07, 6.45) is 0. The number of methoxy groups -OCH3 is 1. The Hall–Kier alpha value is -2.07. The van der Waals surface area contributed by atoms with Crippen LogP contribution in [0.4, 0.5) is 11.4 Å². The number of anilines is 2. The highest BCUT2D eigenvalue weighted by atomic mass is 32.1. The summed E-state index contributed by atoms with van der Waals surface area (Å²) >= 11 is 5.33. The van der Waals surface area contributed by atoms with Gasteiger partial charge < -0.3 is 15.4 Å². The van der Waals surface area contributed by atoms with E-state index in [1.54, 1.807) is 7.11 Å². The molecule has 2 aromatic rings. The van der Waals surface area contributed by atoms with Crippen molar-refractivity contribution < 1.29 is 4.74 Å². The number of hydrogen-bond donors (Lipinski definition) is 2. The molecule has 0 fully saturated rings. The van der Waals surface area contributed by atoms with E-state index in [4.69, 9.17) is 17.0 Å². The third-order valence-corrected chi connectivity index (χ3v) is 3.16. The highest BCUT2D eigenvalue weighted by Gasteiger charge is 2.02. The molecule has 20 heavy (non-hydrogen) atoms. The molecular weight excluding hydrogens is 268 g/mol. The molecule has 0 heterocycles.